The molecular formula is C28H28N4O4. The molecule has 0 aliphatic carbocycles. The molecule has 1 aliphatic heterocycles. The van der Waals surface area contributed by atoms with Crippen molar-refractivity contribution in [2.45, 2.75) is 37.9 Å². The first-order chi connectivity index (χ1) is 17.4. The van der Waals surface area contributed by atoms with Crippen molar-refractivity contribution in [2.75, 3.05) is 11.9 Å². The van der Waals surface area contributed by atoms with Gasteiger partial charge in [-0.15, -0.1) is 0 Å². The van der Waals surface area contributed by atoms with Gasteiger partial charge in [0, 0.05) is 44.5 Å². The molecule has 1 unspecified atom stereocenters. The summed E-state index contributed by atoms with van der Waals surface area (Å²) in [6, 6.07) is 20.1. The summed E-state index contributed by atoms with van der Waals surface area (Å²) in [5.74, 6) is -2.03. The highest BCUT2D eigenvalue weighted by Crippen LogP contribution is 2.22. The van der Waals surface area contributed by atoms with Crippen LogP contribution in [0.15, 0.2) is 85.2 Å². The summed E-state index contributed by atoms with van der Waals surface area (Å²) in [5.41, 5.74) is 2.24. The van der Waals surface area contributed by atoms with E-state index in [1.807, 2.05) is 60.7 Å². The second-order valence-electron chi connectivity index (χ2n) is 8.75. The number of hydrogen-bond acceptors (Lipinski definition) is 5. The quantitative estimate of drug-likeness (QED) is 0.471. The zero-order valence-electron chi connectivity index (χ0n) is 20.0. The second-order valence-corrected chi connectivity index (χ2v) is 8.75. The largest absolute Gasteiger partial charge is 0.344 e. The van der Waals surface area contributed by atoms with Crippen LogP contribution in [0.1, 0.15) is 24.0 Å². The van der Waals surface area contributed by atoms with Gasteiger partial charge in [0.2, 0.25) is 17.6 Å². The third-order valence-electron chi connectivity index (χ3n) is 6.31. The topological polar surface area (TPSA) is 99.7 Å². The van der Waals surface area contributed by atoms with E-state index in [1.54, 1.807) is 17.0 Å². The molecule has 4 rings (SSSR count). The number of likely N-dealkylation sites (N-methyl/N-ethyl adjacent to an activating group) is 1. The number of nitrogens with one attached hydrogen (secondary N) is 1. The zero-order valence-corrected chi connectivity index (χ0v) is 20.0. The lowest BCUT2D eigenvalue weighted by Gasteiger charge is -2.27. The lowest BCUT2D eigenvalue weighted by molar-refractivity contribution is -0.140. The van der Waals surface area contributed by atoms with Gasteiger partial charge in [-0.1, -0.05) is 60.7 Å². The molecule has 2 heterocycles. The van der Waals surface area contributed by atoms with E-state index in [-0.39, 0.29) is 18.7 Å². The molecule has 1 aromatic heterocycles. The van der Waals surface area contributed by atoms with Crippen molar-refractivity contribution in [3.63, 3.8) is 0 Å². The SMILES string of the molecule is CN(C(=O)C(=O)C(Cc1ccccc1)NC(=O)[C@H]1CCC(=O)N1Cc1ccccc1)c1ccncc1. The van der Waals surface area contributed by atoms with Gasteiger partial charge in [-0.05, 0) is 29.7 Å². The van der Waals surface area contributed by atoms with Crippen molar-refractivity contribution in [3.05, 3.63) is 96.3 Å². The summed E-state index contributed by atoms with van der Waals surface area (Å²) in [6.45, 7) is 0.304. The molecule has 3 aromatic rings. The highest BCUT2D eigenvalue weighted by atomic mass is 16.2. The fourth-order valence-corrected chi connectivity index (χ4v) is 4.31. The van der Waals surface area contributed by atoms with Gasteiger partial charge < -0.3 is 15.1 Å². The number of hydrogen-bond donors (Lipinski definition) is 1. The van der Waals surface area contributed by atoms with Gasteiger partial charge in [-0.2, -0.15) is 0 Å². The minimum absolute atomic E-state index is 0.113. The lowest BCUT2D eigenvalue weighted by Crippen LogP contribution is -2.53. The van der Waals surface area contributed by atoms with E-state index in [2.05, 4.69) is 10.3 Å². The van der Waals surface area contributed by atoms with E-state index in [9.17, 15) is 19.2 Å². The van der Waals surface area contributed by atoms with Gasteiger partial charge in [0.25, 0.3) is 5.91 Å². The van der Waals surface area contributed by atoms with E-state index in [0.29, 0.717) is 18.7 Å². The summed E-state index contributed by atoms with van der Waals surface area (Å²) < 4.78 is 0. The summed E-state index contributed by atoms with van der Waals surface area (Å²) in [7, 11) is 1.51. The molecule has 3 amide bonds. The number of rotatable bonds is 9. The standard InChI is InChI=1S/C28H28N4O4/c1-31(22-14-16-29-17-15-22)28(36)26(34)23(18-20-8-4-2-5-9-20)30-27(35)24-12-13-25(33)32(24)19-21-10-6-3-7-11-21/h2-11,14-17,23-24H,12-13,18-19H2,1H3,(H,30,35)/t23?,24-/m1/s1. The highest BCUT2D eigenvalue weighted by Gasteiger charge is 2.38. The smallest absolute Gasteiger partial charge is 0.296 e. The average molecular weight is 485 g/mol. The van der Waals surface area contributed by atoms with Crippen LogP contribution in [0.2, 0.25) is 0 Å². The van der Waals surface area contributed by atoms with Gasteiger partial charge in [0.05, 0.1) is 0 Å². The van der Waals surface area contributed by atoms with Gasteiger partial charge >= 0.3 is 0 Å². The molecule has 1 saturated heterocycles. The Morgan fingerprint density at radius 1 is 0.972 bits per heavy atom. The molecule has 1 aliphatic rings. The van der Waals surface area contributed by atoms with E-state index >= 15 is 0 Å². The van der Waals surface area contributed by atoms with Crippen LogP contribution in [0.5, 0.6) is 0 Å². The van der Waals surface area contributed by atoms with Crippen LogP contribution < -0.4 is 10.2 Å². The van der Waals surface area contributed by atoms with Crippen molar-refractivity contribution < 1.29 is 19.2 Å². The fourth-order valence-electron chi connectivity index (χ4n) is 4.31. The number of nitrogens with zero attached hydrogens (tertiary/aromatic N) is 3. The molecule has 0 bridgehead atoms. The number of aromatic nitrogens is 1. The highest BCUT2D eigenvalue weighted by molar-refractivity contribution is 6.43. The first-order valence-corrected chi connectivity index (χ1v) is 11.8. The first-order valence-electron chi connectivity index (χ1n) is 11.8. The van der Waals surface area contributed by atoms with Crippen molar-refractivity contribution in [1.82, 2.24) is 15.2 Å². The summed E-state index contributed by atoms with van der Waals surface area (Å²) in [4.78, 5) is 59.1. The van der Waals surface area contributed by atoms with Crippen LogP contribution in [-0.2, 0) is 32.1 Å². The Kier molecular flexibility index (Phi) is 7.85. The number of carbonyl (C=O) groups is 4. The van der Waals surface area contributed by atoms with E-state index < -0.39 is 29.7 Å². The van der Waals surface area contributed by atoms with Crippen molar-refractivity contribution in [3.8, 4) is 0 Å². The van der Waals surface area contributed by atoms with E-state index in [4.69, 9.17) is 0 Å². The minimum Gasteiger partial charge on any atom is -0.344 e. The predicted octanol–water partition coefficient (Wildman–Crippen LogP) is 2.53. The summed E-state index contributed by atoms with van der Waals surface area (Å²) in [6.07, 6.45) is 3.83. The van der Waals surface area contributed by atoms with Crippen LogP contribution in [0.25, 0.3) is 0 Å². The van der Waals surface area contributed by atoms with Crippen molar-refractivity contribution in [1.29, 1.82) is 0 Å². The fraction of sp³-hybridized carbons (Fsp3) is 0.250. The Morgan fingerprint density at radius 2 is 1.58 bits per heavy atom. The third kappa shape index (κ3) is 5.83. The van der Waals surface area contributed by atoms with Crippen molar-refractivity contribution >= 4 is 29.2 Å². The average Bonchev–Trinajstić information content (AvgIpc) is 3.28. The zero-order chi connectivity index (χ0) is 25.5. The molecule has 8 heteroatoms. The van der Waals surface area contributed by atoms with Crippen LogP contribution in [0, 0.1) is 0 Å². The normalized spacial score (nSPS) is 15.9. The molecule has 8 nitrogen and oxygen atoms in total. The Hall–Kier alpha value is -4.33. The van der Waals surface area contributed by atoms with Crippen LogP contribution in [0.4, 0.5) is 5.69 Å². The summed E-state index contributed by atoms with van der Waals surface area (Å²) in [5, 5.41) is 2.79. The molecule has 2 aromatic carbocycles. The minimum atomic E-state index is -1.08. The number of likely N-dealkylation sites (tertiary alicyclic amines) is 1. The number of Topliss-reactive ketones (excluding diaryl/α,β-unsaturated/α-hetero) is 1. The maximum atomic E-state index is 13.4. The van der Waals surface area contributed by atoms with Gasteiger partial charge in [0.15, 0.2) is 0 Å². The van der Waals surface area contributed by atoms with Gasteiger partial charge in [0.1, 0.15) is 12.1 Å². The number of amides is 3. The third-order valence-corrected chi connectivity index (χ3v) is 6.31. The molecule has 2 atom stereocenters. The Morgan fingerprint density at radius 3 is 2.22 bits per heavy atom. The molecule has 0 saturated carbocycles. The molecule has 36 heavy (non-hydrogen) atoms. The molecular weight excluding hydrogens is 456 g/mol. The monoisotopic (exact) mass is 484 g/mol. The van der Waals surface area contributed by atoms with Gasteiger partial charge in [-0.25, -0.2) is 0 Å². The van der Waals surface area contributed by atoms with E-state index in [0.717, 1.165) is 11.1 Å². The Labute approximate surface area is 209 Å². The number of pyridine rings is 1. The maximum Gasteiger partial charge on any atom is 0.296 e. The van der Waals surface area contributed by atoms with Crippen LogP contribution in [-0.4, -0.2) is 52.5 Å². The first kappa shape index (κ1) is 24.8. The Balaban J connectivity index is 1.53. The number of carbonyl (C=O) groups excluding carboxylic acids is 4. The molecule has 184 valence electrons. The van der Waals surface area contributed by atoms with Crippen molar-refractivity contribution in [2.24, 2.45) is 0 Å². The number of benzene rings is 2. The van der Waals surface area contributed by atoms with Crippen LogP contribution >= 0.6 is 0 Å². The number of anilines is 1. The summed E-state index contributed by atoms with van der Waals surface area (Å²) >= 11 is 0. The predicted molar refractivity (Wildman–Crippen MR) is 135 cm³/mol. The Bertz CT molecular complexity index is 1220. The molecule has 0 spiro atoms. The second kappa shape index (κ2) is 11.4. The van der Waals surface area contributed by atoms with E-state index in [1.165, 1.54) is 24.3 Å². The van der Waals surface area contributed by atoms with Crippen LogP contribution in [0.3, 0.4) is 0 Å². The molecule has 1 fully saturated rings. The molecule has 1 N–H and O–H groups in total. The van der Waals surface area contributed by atoms with Gasteiger partial charge in [-0.3, -0.25) is 24.2 Å². The lowest BCUT2D eigenvalue weighted by atomic mass is 10.0. The molecule has 0 radical (unpaired) electrons. The maximum absolute atomic E-state index is 13.4. The number of ketones is 1.